The molecular formula is C12H15F3N2O. The summed E-state index contributed by atoms with van der Waals surface area (Å²) < 4.78 is 37.8. The van der Waals surface area contributed by atoms with Crippen LogP contribution in [0.5, 0.6) is 0 Å². The average molecular weight is 260 g/mol. The number of piperidine rings is 1. The highest BCUT2D eigenvalue weighted by atomic mass is 19.4. The Labute approximate surface area is 103 Å². The minimum Gasteiger partial charge on any atom is -0.385 e. The van der Waals surface area contributed by atoms with Gasteiger partial charge in [0.1, 0.15) is 0 Å². The molecule has 1 saturated heterocycles. The molecule has 0 aliphatic carbocycles. The van der Waals surface area contributed by atoms with Gasteiger partial charge in [0, 0.05) is 13.1 Å². The molecule has 0 spiro atoms. The van der Waals surface area contributed by atoms with Crippen molar-refractivity contribution in [1.82, 2.24) is 5.01 Å². The normalized spacial score (nSPS) is 20.9. The molecule has 3 nitrogen and oxygen atoms in total. The predicted octanol–water partition coefficient (Wildman–Crippen LogP) is 1.86. The number of nitrogens with two attached hydrogens (primary N) is 1. The van der Waals surface area contributed by atoms with Crippen LogP contribution in [0.2, 0.25) is 0 Å². The van der Waals surface area contributed by atoms with E-state index >= 15 is 0 Å². The lowest BCUT2D eigenvalue weighted by molar-refractivity contribution is -0.137. The molecule has 1 aromatic carbocycles. The van der Waals surface area contributed by atoms with E-state index in [1.165, 1.54) is 12.1 Å². The lowest BCUT2D eigenvalue weighted by Crippen LogP contribution is -2.45. The first-order valence-electron chi connectivity index (χ1n) is 5.71. The van der Waals surface area contributed by atoms with Gasteiger partial charge in [0.05, 0.1) is 11.2 Å². The highest BCUT2D eigenvalue weighted by Crippen LogP contribution is 2.36. The fourth-order valence-electron chi connectivity index (χ4n) is 2.17. The Hall–Kier alpha value is -1.11. The topological polar surface area (TPSA) is 49.5 Å². The Morgan fingerprint density at radius 2 is 1.83 bits per heavy atom. The molecule has 1 heterocycles. The molecule has 0 saturated carbocycles. The molecule has 1 aromatic rings. The van der Waals surface area contributed by atoms with Gasteiger partial charge in [0.15, 0.2) is 0 Å². The summed E-state index contributed by atoms with van der Waals surface area (Å²) in [6.45, 7) is 0.930. The van der Waals surface area contributed by atoms with Crippen molar-refractivity contribution in [2.45, 2.75) is 24.6 Å². The van der Waals surface area contributed by atoms with Crippen molar-refractivity contribution in [2.75, 3.05) is 13.1 Å². The standard InChI is InChI=1S/C12H15F3N2O/c13-12(14,15)10-3-1-2-9(8-10)11(18)4-6-17(16)7-5-11/h1-3,8,18H,4-7,16H2. The maximum atomic E-state index is 12.6. The number of nitrogens with zero attached hydrogens (tertiary/aromatic N) is 1. The first kappa shape index (κ1) is 13.3. The van der Waals surface area contributed by atoms with E-state index in [9.17, 15) is 18.3 Å². The van der Waals surface area contributed by atoms with E-state index in [4.69, 9.17) is 5.84 Å². The van der Waals surface area contributed by atoms with E-state index in [-0.39, 0.29) is 0 Å². The maximum Gasteiger partial charge on any atom is 0.416 e. The first-order chi connectivity index (χ1) is 8.31. The SMILES string of the molecule is NN1CCC(O)(c2cccc(C(F)(F)F)c2)CC1. The molecule has 100 valence electrons. The summed E-state index contributed by atoms with van der Waals surface area (Å²) in [4.78, 5) is 0. The zero-order valence-corrected chi connectivity index (χ0v) is 9.74. The lowest BCUT2D eigenvalue weighted by Gasteiger charge is -2.36. The second-order valence-corrected chi connectivity index (χ2v) is 4.65. The Morgan fingerprint density at radius 1 is 1.22 bits per heavy atom. The number of benzene rings is 1. The molecule has 1 aliphatic heterocycles. The van der Waals surface area contributed by atoms with Crippen molar-refractivity contribution in [2.24, 2.45) is 5.84 Å². The number of hydrogen-bond acceptors (Lipinski definition) is 3. The number of hydrazine groups is 1. The third-order valence-electron chi connectivity index (χ3n) is 3.35. The Bertz CT molecular complexity index is 426. The van der Waals surface area contributed by atoms with Crippen LogP contribution in [0, 0.1) is 0 Å². The van der Waals surface area contributed by atoms with Crippen LogP contribution in [0.25, 0.3) is 0 Å². The van der Waals surface area contributed by atoms with Crippen LogP contribution in [0.15, 0.2) is 24.3 Å². The van der Waals surface area contributed by atoms with E-state index in [1.54, 1.807) is 5.01 Å². The minimum atomic E-state index is -4.39. The monoisotopic (exact) mass is 260 g/mol. The van der Waals surface area contributed by atoms with Gasteiger partial charge >= 0.3 is 6.18 Å². The van der Waals surface area contributed by atoms with E-state index in [2.05, 4.69) is 0 Å². The number of aliphatic hydroxyl groups is 1. The zero-order valence-electron chi connectivity index (χ0n) is 9.74. The van der Waals surface area contributed by atoms with Crippen molar-refractivity contribution in [3.05, 3.63) is 35.4 Å². The van der Waals surface area contributed by atoms with E-state index in [1.807, 2.05) is 0 Å². The maximum absolute atomic E-state index is 12.6. The highest BCUT2D eigenvalue weighted by molar-refractivity contribution is 5.30. The molecular weight excluding hydrogens is 245 g/mol. The van der Waals surface area contributed by atoms with Crippen LogP contribution >= 0.6 is 0 Å². The molecule has 0 unspecified atom stereocenters. The molecule has 6 heteroatoms. The van der Waals surface area contributed by atoms with Gasteiger partial charge in [-0.2, -0.15) is 13.2 Å². The van der Waals surface area contributed by atoms with Crippen LogP contribution in [0.1, 0.15) is 24.0 Å². The predicted molar refractivity (Wildman–Crippen MR) is 60.3 cm³/mol. The fraction of sp³-hybridized carbons (Fsp3) is 0.500. The Balaban J connectivity index is 2.28. The van der Waals surface area contributed by atoms with Crippen LogP contribution < -0.4 is 5.84 Å². The molecule has 0 amide bonds. The van der Waals surface area contributed by atoms with Crippen molar-refractivity contribution < 1.29 is 18.3 Å². The summed E-state index contributed by atoms with van der Waals surface area (Å²) in [5, 5.41) is 12.0. The fourth-order valence-corrected chi connectivity index (χ4v) is 2.17. The molecule has 0 bridgehead atoms. The second kappa shape index (κ2) is 4.53. The highest BCUT2D eigenvalue weighted by Gasteiger charge is 2.36. The molecule has 18 heavy (non-hydrogen) atoms. The molecule has 1 fully saturated rings. The van der Waals surface area contributed by atoms with E-state index in [0.717, 1.165) is 12.1 Å². The van der Waals surface area contributed by atoms with Crippen molar-refractivity contribution in [1.29, 1.82) is 0 Å². The van der Waals surface area contributed by atoms with Gasteiger partial charge in [0.25, 0.3) is 0 Å². The lowest BCUT2D eigenvalue weighted by atomic mass is 9.84. The van der Waals surface area contributed by atoms with Crippen molar-refractivity contribution >= 4 is 0 Å². The molecule has 0 aromatic heterocycles. The van der Waals surface area contributed by atoms with Gasteiger partial charge in [-0.15, -0.1) is 0 Å². The first-order valence-corrected chi connectivity index (χ1v) is 5.71. The van der Waals surface area contributed by atoms with E-state index < -0.39 is 17.3 Å². The van der Waals surface area contributed by atoms with Gasteiger partial charge in [-0.05, 0) is 30.5 Å². The molecule has 0 radical (unpaired) electrons. The van der Waals surface area contributed by atoms with Crippen LogP contribution in [-0.2, 0) is 11.8 Å². The number of halogens is 3. The van der Waals surface area contributed by atoms with Gasteiger partial charge in [-0.1, -0.05) is 12.1 Å². The van der Waals surface area contributed by atoms with Crippen LogP contribution in [0.3, 0.4) is 0 Å². The largest absolute Gasteiger partial charge is 0.416 e. The molecule has 1 aliphatic rings. The third-order valence-corrected chi connectivity index (χ3v) is 3.35. The Morgan fingerprint density at radius 3 is 2.39 bits per heavy atom. The number of alkyl halides is 3. The summed E-state index contributed by atoms with van der Waals surface area (Å²) in [5.41, 5.74) is -1.63. The average Bonchev–Trinajstić information content (AvgIpc) is 2.32. The third kappa shape index (κ3) is 2.66. The summed E-state index contributed by atoms with van der Waals surface area (Å²) in [6, 6.07) is 4.88. The quantitative estimate of drug-likeness (QED) is 0.758. The number of hydrogen-bond donors (Lipinski definition) is 2. The molecule has 3 N–H and O–H groups in total. The summed E-state index contributed by atoms with van der Waals surface area (Å²) >= 11 is 0. The van der Waals surface area contributed by atoms with Gasteiger partial charge in [-0.25, -0.2) is 5.01 Å². The molecule has 2 rings (SSSR count). The summed E-state index contributed by atoms with van der Waals surface area (Å²) in [7, 11) is 0. The number of rotatable bonds is 1. The van der Waals surface area contributed by atoms with Crippen molar-refractivity contribution in [3.8, 4) is 0 Å². The molecule has 0 atom stereocenters. The minimum absolute atomic E-state index is 0.311. The van der Waals surface area contributed by atoms with Crippen LogP contribution in [0.4, 0.5) is 13.2 Å². The summed E-state index contributed by atoms with van der Waals surface area (Å²) in [5.74, 6) is 5.58. The zero-order chi connectivity index (χ0) is 13.4. The van der Waals surface area contributed by atoms with Crippen LogP contribution in [-0.4, -0.2) is 23.2 Å². The summed E-state index contributed by atoms with van der Waals surface area (Å²) in [6.07, 6.45) is -3.71. The van der Waals surface area contributed by atoms with Gasteiger partial charge in [0.2, 0.25) is 0 Å². The second-order valence-electron chi connectivity index (χ2n) is 4.65. The van der Waals surface area contributed by atoms with E-state index in [0.29, 0.717) is 31.5 Å². The van der Waals surface area contributed by atoms with Gasteiger partial charge < -0.3 is 5.11 Å². The Kier molecular flexibility index (Phi) is 3.35. The van der Waals surface area contributed by atoms with Gasteiger partial charge in [-0.3, -0.25) is 5.84 Å². The smallest absolute Gasteiger partial charge is 0.385 e. The van der Waals surface area contributed by atoms with Crippen molar-refractivity contribution in [3.63, 3.8) is 0 Å².